The number of hydrogen-bond donors (Lipinski definition) is 2. The Kier molecular flexibility index (Phi) is 7.27. The largest absolute Gasteiger partial charge is 0.346 e. The molecule has 5 nitrogen and oxygen atoms in total. The van der Waals surface area contributed by atoms with Gasteiger partial charge in [0.2, 0.25) is 11.8 Å². The number of amides is 2. The summed E-state index contributed by atoms with van der Waals surface area (Å²) in [5, 5.41) is 5.71. The first kappa shape index (κ1) is 22.0. The molecular weight excluding hydrogens is 374 g/mol. The number of benzene rings is 2. The van der Waals surface area contributed by atoms with Gasteiger partial charge in [-0.15, -0.1) is 0 Å². The van der Waals surface area contributed by atoms with E-state index in [0.717, 1.165) is 42.6 Å². The number of aryl methyl sites for hydroxylation is 4. The van der Waals surface area contributed by atoms with Crippen LogP contribution in [0.3, 0.4) is 0 Å². The molecule has 0 heterocycles. The van der Waals surface area contributed by atoms with E-state index in [4.69, 9.17) is 0 Å². The predicted molar refractivity (Wildman–Crippen MR) is 122 cm³/mol. The van der Waals surface area contributed by atoms with Gasteiger partial charge in [0.25, 0.3) is 0 Å². The number of nitrogens with one attached hydrogen (secondary N) is 2. The van der Waals surface area contributed by atoms with Crippen LogP contribution in [0.2, 0.25) is 0 Å². The van der Waals surface area contributed by atoms with Crippen molar-refractivity contribution >= 4 is 17.5 Å². The molecule has 1 aliphatic rings. The molecule has 0 radical (unpaired) electrons. The van der Waals surface area contributed by atoms with E-state index in [2.05, 4.69) is 46.7 Å². The molecular formula is C25H33N3O2. The number of carbonyl (C=O) groups is 2. The lowest BCUT2D eigenvalue weighted by atomic mass is 10.1. The van der Waals surface area contributed by atoms with Crippen LogP contribution in [0.5, 0.6) is 0 Å². The van der Waals surface area contributed by atoms with Crippen molar-refractivity contribution in [1.29, 1.82) is 0 Å². The van der Waals surface area contributed by atoms with Crippen LogP contribution in [0.4, 0.5) is 5.69 Å². The molecule has 0 saturated heterocycles. The molecule has 0 atom stereocenters. The van der Waals surface area contributed by atoms with Crippen LogP contribution < -0.4 is 10.6 Å². The Balaban J connectivity index is 1.50. The Hall–Kier alpha value is -2.66. The van der Waals surface area contributed by atoms with Crippen molar-refractivity contribution in [3.05, 3.63) is 64.2 Å². The molecule has 2 N–H and O–H groups in total. The van der Waals surface area contributed by atoms with Gasteiger partial charge in [0.05, 0.1) is 13.1 Å². The van der Waals surface area contributed by atoms with E-state index in [1.165, 1.54) is 16.7 Å². The van der Waals surface area contributed by atoms with E-state index in [-0.39, 0.29) is 18.4 Å². The molecule has 30 heavy (non-hydrogen) atoms. The Morgan fingerprint density at radius 1 is 0.967 bits per heavy atom. The molecule has 2 aromatic carbocycles. The summed E-state index contributed by atoms with van der Waals surface area (Å²) in [6, 6.07) is 13.1. The molecule has 0 aromatic heterocycles. The summed E-state index contributed by atoms with van der Waals surface area (Å²) in [4.78, 5) is 27.0. The summed E-state index contributed by atoms with van der Waals surface area (Å²) < 4.78 is 0. The van der Waals surface area contributed by atoms with Crippen molar-refractivity contribution in [1.82, 2.24) is 10.2 Å². The Labute approximate surface area is 179 Å². The molecule has 1 fully saturated rings. The van der Waals surface area contributed by atoms with Gasteiger partial charge in [0, 0.05) is 18.3 Å². The van der Waals surface area contributed by atoms with Gasteiger partial charge in [-0.25, -0.2) is 0 Å². The smallest absolute Gasteiger partial charge is 0.243 e. The fourth-order valence-electron chi connectivity index (χ4n) is 3.85. The fourth-order valence-corrected chi connectivity index (χ4v) is 3.85. The van der Waals surface area contributed by atoms with E-state index < -0.39 is 0 Å². The molecule has 5 heteroatoms. The average molecular weight is 408 g/mol. The summed E-state index contributed by atoms with van der Waals surface area (Å²) >= 11 is 0. The number of hydrogen-bond acceptors (Lipinski definition) is 3. The van der Waals surface area contributed by atoms with Gasteiger partial charge >= 0.3 is 0 Å². The van der Waals surface area contributed by atoms with Gasteiger partial charge in [-0.05, 0) is 62.3 Å². The Morgan fingerprint density at radius 3 is 2.13 bits per heavy atom. The maximum atomic E-state index is 12.5. The normalized spacial score (nSPS) is 13.4. The van der Waals surface area contributed by atoms with Gasteiger partial charge in [0.1, 0.15) is 0 Å². The zero-order valence-electron chi connectivity index (χ0n) is 18.5. The summed E-state index contributed by atoms with van der Waals surface area (Å²) in [5.41, 5.74) is 6.59. The molecule has 0 bridgehead atoms. The van der Waals surface area contributed by atoms with E-state index in [9.17, 15) is 9.59 Å². The third kappa shape index (κ3) is 6.17. The van der Waals surface area contributed by atoms with Crippen molar-refractivity contribution in [2.75, 3.05) is 18.4 Å². The van der Waals surface area contributed by atoms with Crippen LogP contribution >= 0.6 is 0 Å². The predicted octanol–water partition coefficient (Wildman–Crippen LogP) is 3.89. The van der Waals surface area contributed by atoms with Crippen LogP contribution in [0.25, 0.3) is 0 Å². The number of anilines is 1. The summed E-state index contributed by atoms with van der Waals surface area (Å²) in [6.07, 6.45) is 3.29. The van der Waals surface area contributed by atoms with E-state index in [1.807, 2.05) is 32.9 Å². The Bertz CT molecular complexity index is 878. The van der Waals surface area contributed by atoms with Crippen molar-refractivity contribution in [3.8, 4) is 0 Å². The Morgan fingerprint density at radius 2 is 1.57 bits per heavy atom. The third-order valence-electron chi connectivity index (χ3n) is 5.61. The highest BCUT2D eigenvalue weighted by Crippen LogP contribution is 2.28. The van der Waals surface area contributed by atoms with Gasteiger partial charge < -0.3 is 10.6 Å². The minimum absolute atomic E-state index is 0.0186. The highest BCUT2D eigenvalue weighted by Gasteiger charge is 2.30. The standard InChI is InChI=1S/C25H33N3O2/c1-5-20-6-8-21(9-7-20)15-28(22-10-11-22)16-24(30)26-14-23(29)27-25-18(3)12-17(2)13-19(25)4/h6-9,12-13,22H,5,10-11,14-16H2,1-4H3,(H,26,30)(H,27,29). The molecule has 1 aliphatic carbocycles. The topological polar surface area (TPSA) is 61.4 Å². The maximum absolute atomic E-state index is 12.5. The molecule has 1 saturated carbocycles. The lowest BCUT2D eigenvalue weighted by molar-refractivity contribution is -0.125. The molecule has 160 valence electrons. The SMILES string of the molecule is CCc1ccc(CN(CC(=O)NCC(=O)Nc2c(C)cc(C)cc2C)C2CC2)cc1. The van der Waals surface area contributed by atoms with Crippen LogP contribution in [-0.4, -0.2) is 35.8 Å². The lowest BCUT2D eigenvalue weighted by Crippen LogP contribution is -2.41. The highest BCUT2D eigenvalue weighted by molar-refractivity contribution is 5.96. The second-order valence-corrected chi connectivity index (χ2v) is 8.40. The number of rotatable bonds is 9. The van der Waals surface area contributed by atoms with Crippen molar-refractivity contribution in [2.24, 2.45) is 0 Å². The second kappa shape index (κ2) is 9.90. The van der Waals surface area contributed by atoms with Crippen molar-refractivity contribution in [3.63, 3.8) is 0 Å². The second-order valence-electron chi connectivity index (χ2n) is 8.40. The average Bonchev–Trinajstić information content (AvgIpc) is 3.54. The van der Waals surface area contributed by atoms with Crippen LogP contribution in [0.15, 0.2) is 36.4 Å². The molecule has 3 rings (SSSR count). The summed E-state index contributed by atoms with van der Waals surface area (Å²) in [5.74, 6) is -0.314. The summed E-state index contributed by atoms with van der Waals surface area (Å²) in [6.45, 7) is 9.20. The van der Waals surface area contributed by atoms with Gasteiger partial charge in [-0.2, -0.15) is 0 Å². The monoisotopic (exact) mass is 407 g/mol. The van der Waals surface area contributed by atoms with Gasteiger partial charge in [-0.1, -0.05) is 48.9 Å². The van der Waals surface area contributed by atoms with Crippen LogP contribution in [0.1, 0.15) is 47.6 Å². The van der Waals surface area contributed by atoms with Gasteiger partial charge in [0.15, 0.2) is 0 Å². The first-order valence-electron chi connectivity index (χ1n) is 10.8. The molecule has 0 unspecified atom stereocenters. The zero-order chi connectivity index (χ0) is 21.7. The first-order chi connectivity index (χ1) is 14.4. The van der Waals surface area contributed by atoms with Crippen LogP contribution in [0, 0.1) is 20.8 Å². The quantitative estimate of drug-likeness (QED) is 0.663. The highest BCUT2D eigenvalue weighted by atomic mass is 16.2. The molecule has 0 spiro atoms. The van der Waals surface area contributed by atoms with E-state index in [0.29, 0.717) is 12.6 Å². The fraction of sp³-hybridized carbons (Fsp3) is 0.440. The van der Waals surface area contributed by atoms with Crippen molar-refractivity contribution < 1.29 is 9.59 Å². The molecule has 2 aromatic rings. The van der Waals surface area contributed by atoms with E-state index >= 15 is 0 Å². The third-order valence-corrected chi connectivity index (χ3v) is 5.61. The number of carbonyl (C=O) groups excluding carboxylic acids is 2. The minimum Gasteiger partial charge on any atom is -0.346 e. The molecule has 0 aliphatic heterocycles. The summed E-state index contributed by atoms with van der Waals surface area (Å²) in [7, 11) is 0. The first-order valence-corrected chi connectivity index (χ1v) is 10.8. The molecule has 2 amide bonds. The van der Waals surface area contributed by atoms with Crippen LogP contribution in [-0.2, 0) is 22.6 Å². The minimum atomic E-state index is -0.202. The maximum Gasteiger partial charge on any atom is 0.243 e. The zero-order valence-corrected chi connectivity index (χ0v) is 18.5. The van der Waals surface area contributed by atoms with Crippen molar-refractivity contribution in [2.45, 2.75) is 59.5 Å². The lowest BCUT2D eigenvalue weighted by Gasteiger charge is -2.21. The van der Waals surface area contributed by atoms with E-state index in [1.54, 1.807) is 0 Å². The van der Waals surface area contributed by atoms with Gasteiger partial charge in [-0.3, -0.25) is 14.5 Å². The number of nitrogens with zero attached hydrogens (tertiary/aromatic N) is 1.